The van der Waals surface area contributed by atoms with Gasteiger partial charge in [0.05, 0.1) is 10.5 Å². The van der Waals surface area contributed by atoms with Crippen LogP contribution in [0.5, 0.6) is 0 Å². The van der Waals surface area contributed by atoms with Crippen molar-refractivity contribution in [1.29, 1.82) is 0 Å². The van der Waals surface area contributed by atoms with Gasteiger partial charge in [-0.2, -0.15) is 17.5 Å². The van der Waals surface area contributed by atoms with Gasteiger partial charge >= 0.3 is 12.3 Å². The molecule has 0 radical (unpaired) electrons. The Balaban J connectivity index is 1.69. The largest absolute Gasteiger partial charge is 0.436 e. The third-order valence-corrected chi connectivity index (χ3v) is 9.74. The Hall–Kier alpha value is -2.34. The summed E-state index contributed by atoms with van der Waals surface area (Å²) in [6, 6.07) is 3.18. The van der Waals surface area contributed by atoms with E-state index < -0.39 is 45.4 Å². The van der Waals surface area contributed by atoms with Crippen LogP contribution in [0.15, 0.2) is 29.2 Å². The number of ether oxygens (including phenoxy) is 1. The van der Waals surface area contributed by atoms with E-state index >= 15 is 0 Å². The van der Waals surface area contributed by atoms with Gasteiger partial charge in [-0.1, -0.05) is 13.8 Å². The van der Waals surface area contributed by atoms with Gasteiger partial charge < -0.3 is 15.0 Å². The Morgan fingerprint density at radius 2 is 1.74 bits per heavy atom. The number of hydrogen-bond donors (Lipinski definition) is 1. The molecule has 1 aromatic rings. The lowest BCUT2D eigenvalue weighted by Crippen LogP contribution is -2.51. The zero-order valence-electron chi connectivity index (χ0n) is 22.7. The number of carbonyl (C=O) groups is 2. The highest BCUT2D eigenvalue weighted by molar-refractivity contribution is 7.89. The molecule has 2 aliphatic rings. The molecule has 8 nitrogen and oxygen atoms in total. The second-order valence-electron chi connectivity index (χ2n) is 11.4. The lowest BCUT2D eigenvalue weighted by Gasteiger charge is -2.33. The molecule has 0 aromatic heterocycles. The van der Waals surface area contributed by atoms with Crippen molar-refractivity contribution in [2.75, 3.05) is 20.1 Å². The van der Waals surface area contributed by atoms with Crippen molar-refractivity contribution in [1.82, 2.24) is 14.5 Å². The average Bonchev–Trinajstić information content (AvgIpc) is 3.42. The van der Waals surface area contributed by atoms with Crippen LogP contribution in [0.2, 0.25) is 0 Å². The molecule has 0 bridgehead atoms. The summed E-state index contributed by atoms with van der Waals surface area (Å²) in [7, 11) is -2.38. The van der Waals surface area contributed by atoms with E-state index in [-0.39, 0.29) is 41.8 Å². The second-order valence-corrected chi connectivity index (χ2v) is 13.3. The van der Waals surface area contributed by atoms with E-state index in [4.69, 9.17) is 4.74 Å². The van der Waals surface area contributed by atoms with Crippen molar-refractivity contribution in [2.24, 2.45) is 17.8 Å². The van der Waals surface area contributed by atoms with Gasteiger partial charge in [0, 0.05) is 37.6 Å². The highest BCUT2D eigenvalue weighted by Crippen LogP contribution is 2.40. The summed E-state index contributed by atoms with van der Waals surface area (Å²) in [6.07, 6.45) is -4.17. The number of carbonyl (C=O) groups excluding carboxylic acids is 2. The topological polar surface area (TPSA) is 96.0 Å². The zero-order valence-corrected chi connectivity index (χ0v) is 23.5. The molecule has 0 unspecified atom stereocenters. The van der Waals surface area contributed by atoms with Crippen molar-refractivity contribution in [2.45, 2.75) is 82.6 Å². The molecular weight excluding hydrogens is 523 g/mol. The van der Waals surface area contributed by atoms with Crippen LogP contribution in [0.1, 0.15) is 59.4 Å². The fourth-order valence-electron chi connectivity index (χ4n) is 4.93. The van der Waals surface area contributed by atoms with Gasteiger partial charge in [0.2, 0.25) is 10.0 Å². The highest BCUT2D eigenvalue weighted by Gasteiger charge is 2.47. The number of nitrogens with zero attached hydrogens (tertiary/aromatic N) is 2. The van der Waals surface area contributed by atoms with E-state index in [2.05, 4.69) is 5.32 Å². The van der Waals surface area contributed by atoms with Crippen molar-refractivity contribution in [3.05, 3.63) is 29.8 Å². The first-order valence-corrected chi connectivity index (χ1v) is 14.3. The van der Waals surface area contributed by atoms with Crippen molar-refractivity contribution >= 4 is 22.0 Å². The molecule has 214 valence electrons. The molecule has 0 spiro atoms. The lowest BCUT2D eigenvalue weighted by atomic mass is 9.96. The normalized spacial score (nSPS) is 24.0. The third-order valence-electron chi connectivity index (χ3n) is 7.90. The van der Waals surface area contributed by atoms with E-state index in [1.807, 2.05) is 34.6 Å². The summed E-state index contributed by atoms with van der Waals surface area (Å²) in [4.78, 5) is 27.2. The quantitative estimate of drug-likeness (QED) is 0.529. The number of hydrogen-bond acceptors (Lipinski definition) is 5. The predicted octanol–water partition coefficient (Wildman–Crippen LogP) is 4.50. The van der Waals surface area contributed by atoms with Gasteiger partial charge in [-0.05, 0) is 76.1 Å². The number of nitrogens with one attached hydrogen (secondary N) is 1. The minimum Gasteiger partial charge on any atom is -0.436 e. The summed E-state index contributed by atoms with van der Waals surface area (Å²) >= 11 is 0. The molecule has 1 aliphatic carbocycles. The van der Waals surface area contributed by atoms with Gasteiger partial charge in [-0.25, -0.2) is 13.2 Å². The van der Waals surface area contributed by atoms with E-state index in [1.165, 1.54) is 9.21 Å². The van der Waals surface area contributed by atoms with Crippen LogP contribution in [0.3, 0.4) is 0 Å². The van der Waals surface area contributed by atoms with E-state index in [0.717, 1.165) is 24.3 Å². The Labute approximate surface area is 222 Å². The average molecular weight is 562 g/mol. The number of benzene rings is 1. The fourth-order valence-corrected chi connectivity index (χ4v) is 6.47. The maximum atomic E-state index is 13.3. The van der Waals surface area contributed by atoms with Crippen molar-refractivity contribution < 1.29 is 35.9 Å². The molecule has 1 aromatic carbocycles. The van der Waals surface area contributed by atoms with Crippen molar-refractivity contribution in [3.63, 3.8) is 0 Å². The zero-order chi connectivity index (χ0) is 28.6. The van der Waals surface area contributed by atoms with Crippen LogP contribution in [-0.2, 0) is 25.7 Å². The van der Waals surface area contributed by atoms with E-state index in [0.29, 0.717) is 19.3 Å². The molecule has 1 heterocycles. The number of sulfonamides is 1. The van der Waals surface area contributed by atoms with Crippen LogP contribution in [0.4, 0.5) is 18.0 Å². The van der Waals surface area contributed by atoms with E-state index in [1.54, 1.807) is 7.05 Å². The maximum absolute atomic E-state index is 13.3. The molecular formula is C26H38F3N3O5S. The molecule has 2 fully saturated rings. The third kappa shape index (κ3) is 6.44. The molecule has 1 aliphatic heterocycles. The molecule has 1 saturated heterocycles. The molecule has 12 heteroatoms. The first kappa shape index (κ1) is 30.2. The smallest absolute Gasteiger partial charge is 0.416 e. The molecule has 2 amide bonds. The number of amides is 2. The van der Waals surface area contributed by atoms with Crippen molar-refractivity contribution in [3.8, 4) is 0 Å². The van der Waals surface area contributed by atoms with Gasteiger partial charge in [0.1, 0.15) is 0 Å². The Morgan fingerprint density at radius 3 is 2.26 bits per heavy atom. The molecule has 1 N–H and O–H groups in total. The summed E-state index contributed by atoms with van der Waals surface area (Å²) in [6.45, 7) is 9.69. The Bertz CT molecular complexity index is 1120. The first-order chi connectivity index (χ1) is 17.5. The van der Waals surface area contributed by atoms with Crippen LogP contribution in [0.25, 0.3) is 0 Å². The summed E-state index contributed by atoms with van der Waals surface area (Å²) < 4.78 is 71.9. The first-order valence-electron chi connectivity index (χ1n) is 12.9. The van der Waals surface area contributed by atoms with Crippen LogP contribution < -0.4 is 5.32 Å². The summed E-state index contributed by atoms with van der Waals surface area (Å²) in [5.74, 6) is -0.774. The van der Waals surface area contributed by atoms with E-state index in [9.17, 15) is 31.2 Å². The Kier molecular flexibility index (Phi) is 8.77. The van der Waals surface area contributed by atoms with Crippen LogP contribution >= 0.6 is 0 Å². The highest BCUT2D eigenvalue weighted by atomic mass is 32.2. The number of fused-ring (bicyclic) bond motifs is 1. The lowest BCUT2D eigenvalue weighted by molar-refractivity contribution is -0.137. The SMILES string of the molecule is CC[C@H](C)[C@H](OC(=O)N(C)C(C)(C)C)C(=O)N[C@@H]1CC[C@H]2CN(S(=O)(=O)c3ccc(C(F)(F)F)cc3)C[C@H]21. The van der Waals surface area contributed by atoms with Gasteiger partial charge in [0.25, 0.3) is 5.91 Å². The number of rotatable bonds is 7. The minimum atomic E-state index is -4.55. The maximum Gasteiger partial charge on any atom is 0.416 e. The summed E-state index contributed by atoms with van der Waals surface area (Å²) in [5.41, 5.74) is -1.40. The standard InChI is InChI=1S/C26H38F3N3O5S/c1-7-16(2)22(37-24(34)31(6)25(3,4)5)23(33)30-21-13-8-17-14-32(15-20(17)21)38(35,36)19-11-9-18(10-12-19)26(27,28)29/h9-12,16-17,20-22H,7-8,13-15H2,1-6H3,(H,30,33)/t16-,17-,20+,21+,22-/m0/s1. The van der Waals surface area contributed by atoms with Gasteiger partial charge in [0.15, 0.2) is 6.10 Å². The molecule has 5 atom stereocenters. The van der Waals surface area contributed by atoms with Crippen LogP contribution in [-0.4, -0.2) is 67.4 Å². The Morgan fingerprint density at radius 1 is 1.13 bits per heavy atom. The minimum absolute atomic E-state index is 0.0150. The van der Waals surface area contributed by atoms with Crippen LogP contribution in [0, 0.1) is 17.8 Å². The van der Waals surface area contributed by atoms with Gasteiger partial charge in [-0.15, -0.1) is 0 Å². The second kappa shape index (κ2) is 11.0. The molecule has 38 heavy (non-hydrogen) atoms. The van der Waals surface area contributed by atoms with Gasteiger partial charge in [-0.3, -0.25) is 4.79 Å². The fraction of sp³-hybridized carbons (Fsp3) is 0.692. The number of alkyl halides is 3. The predicted molar refractivity (Wildman–Crippen MR) is 136 cm³/mol. The monoisotopic (exact) mass is 561 g/mol. The number of halogens is 3. The molecule has 3 rings (SSSR count). The molecule has 1 saturated carbocycles. The summed E-state index contributed by atoms with van der Waals surface area (Å²) in [5, 5.41) is 3.00.